The zero-order valence-electron chi connectivity index (χ0n) is 7.24. The minimum Gasteiger partial charge on any atom is -0.296 e. The summed E-state index contributed by atoms with van der Waals surface area (Å²) in [6.45, 7) is 11.4. The Morgan fingerprint density at radius 3 is 1.80 bits per heavy atom. The number of alkyl halides is 1. The van der Waals surface area contributed by atoms with Gasteiger partial charge >= 0.3 is 0 Å². The Morgan fingerprint density at radius 2 is 1.70 bits per heavy atom. The van der Waals surface area contributed by atoms with Crippen molar-refractivity contribution in [3.8, 4) is 0 Å². The maximum atomic E-state index is 3.66. The van der Waals surface area contributed by atoms with Crippen molar-refractivity contribution >= 4 is 15.9 Å². The van der Waals surface area contributed by atoms with Crippen LogP contribution in [0.4, 0.5) is 0 Å². The maximum absolute atomic E-state index is 3.66. The molecular formula is C8H16BrN. The molecule has 1 rings (SSSR count). The van der Waals surface area contributed by atoms with E-state index in [1.54, 1.807) is 0 Å². The number of halogens is 1. The molecule has 0 unspecified atom stereocenters. The largest absolute Gasteiger partial charge is 0.296 e. The molecule has 1 saturated heterocycles. The normalized spacial score (nSPS) is 26.1. The number of likely N-dealkylation sites (tertiary alicyclic amines) is 1. The number of hydrogen-bond acceptors (Lipinski definition) is 1. The summed E-state index contributed by atoms with van der Waals surface area (Å²) in [7, 11) is 0. The molecule has 0 bridgehead atoms. The molecule has 0 atom stereocenters. The van der Waals surface area contributed by atoms with Gasteiger partial charge in [0.1, 0.15) is 0 Å². The monoisotopic (exact) mass is 205 g/mol. The molecule has 0 N–H and O–H groups in total. The third-order valence-electron chi connectivity index (χ3n) is 1.99. The molecule has 1 fully saturated rings. The van der Waals surface area contributed by atoms with Crippen molar-refractivity contribution in [3.63, 3.8) is 0 Å². The lowest BCUT2D eigenvalue weighted by atomic mass is 9.94. The molecule has 0 aliphatic carbocycles. The van der Waals surface area contributed by atoms with Crippen LogP contribution in [0.15, 0.2) is 0 Å². The van der Waals surface area contributed by atoms with Crippen LogP contribution in [0.5, 0.6) is 0 Å². The molecule has 0 radical (unpaired) electrons. The van der Waals surface area contributed by atoms with Crippen LogP contribution < -0.4 is 0 Å². The van der Waals surface area contributed by atoms with Crippen LogP contribution in [-0.2, 0) is 0 Å². The van der Waals surface area contributed by atoms with Gasteiger partial charge < -0.3 is 0 Å². The van der Waals surface area contributed by atoms with Crippen molar-refractivity contribution in [1.29, 1.82) is 0 Å². The number of hydrogen-bond donors (Lipinski definition) is 0. The summed E-state index contributed by atoms with van der Waals surface area (Å²) >= 11 is 3.66. The zero-order chi connectivity index (χ0) is 7.99. The molecule has 1 nitrogen and oxygen atoms in total. The summed E-state index contributed by atoms with van der Waals surface area (Å²) in [5, 5.41) is 0. The van der Waals surface area contributed by atoms with Crippen molar-refractivity contribution in [2.24, 2.45) is 0 Å². The Hall–Kier alpha value is 0.440. The lowest BCUT2D eigenvalue weighted by molar-refractivity contribution is 0.0430. The topological polar surface area (TPSA) is 3.24 Å². The molecule has 10 heavy (non-hydrogen) atoms. The smallest absolute Gasteiger partial charge is 0.0483 e. The number of rotatable bonds is 0. The summed E-state index contributed by atoms with van der Waals surface area (Å²) in [4.78, 5) is 2.47. The van der Waals surface area contributed by atoms with Gasteiger partial charge in [0.05, 0.1) is 0 Å². The van der Waals surface area contributed by atoms with Crippen LogP contribution >= 0.6 is 15.9 Å². The molecule has 0 aromatic heterocycles. The third kappa shape index (κ3) is 1.73. The Balaban J connectivity index is 2.40. The first-order chi connectivity index (χ1) is 4.31. The fourth-order valence-electron chi connectivity index (χ4n) is 1.22. The quantitative estimate of drug-likeness (QED) is 0.549. The highest BCUT2D eigenvalue weighted by Crippen LogP contribution is 2.34. The highest BCUT2D eigenvalue weighted by atomic mass is 79.9. The third-order valence-corrected chi connectivity index (χ3v) is 2.49. The van der Waals surface area contributed by atoms with Crippen LogP contribution in [0.25, 0.3) is 0 Å². The lowest BCUT2D eigenvalue weighted by Gasteiger charge is -2.51. The standard InChI is InChI=1S/C8H16BrN/c1-7(2,3)10-5-8(4,9)6-10/h5-6H2,1-4H3. The highest BCUT2D eigenvalue weighted by molar-refractivity contribution is 9.10. The molecule has 0 spiro atoms. The Morgan fingerprint density at radius 1 is 1.30 bits per heavy atom. The van der Waals surface area contributed by atoms with Gasteiger partial charge in [-0.05, 0) is 27.7 Å². The van der Waals surface area contributed by atoms with E-state index in [0.29, 0.717) is 9.86 Å². The van der Waals surface area contributed by atoms with Gasteiger partial charge in [-0.3, -0.25) is 4.90 Å². The lowest BCUT2D eigenvalue weighted by Crippen LogP contribution is -2.62. The fraction of sp³-hybridized carbons (Fsp3) is 1.00. The van der Waals surface area contributed by atoms with Crippen LogP contribution in [0, 0.1) is 0 Å². The predicted molar refractivity (Wildman–Crippen MR) is 48.7 cm³/mol. The van der Waals surface area contributed by atoms with E-state index in [4.69, 9.17) is 0 Å². The van der Waals surface area contributed by atoms with Crippen LogP contribution in [0.3, 0.4) is 0 Å². The van der Waals surface area contributed by atoms with E-state index in [1.807, 2.05) is 0 Å². The van der Waals surface area contributed by atoms with E-state index in [0.717, 1.165) is 0 Å². The molecule has 2 heteroatoms. The van der Waals surface area contributed by atoms with Crippen molar-refractivity contribution in [2.75, 3.05) is 13.1 Å². The Labute approximate surface area is 71.9 Å². The average Bonchev–Trinajstić information content (AvgIpc) is 1.56. The minimum atomic E-state index is 0.354. The van der Waals surface area contributed by atoms with Crippen molar-refractivity contribution in [2.45, 2.75) is 37.6 Å². The summed E-state index contributed by atoms with van der Waals surface area (Å²) in [6.07, 6.45) is 0. The fourth-order valence-corrected chi connectivity index (χ4v) is 1.83. The maximum Gasteiger partial charge on any atom is 0.0483 e. The van der Waals surface area contributed by atoms with Crippen LogP contribution in [0.2, 0.25) is 0 Å². The number of nitrogens with zero attached hydrogens (tertiary/aromatic N) is 1. The second-order valence-electron chi connectivity index (χ2n) is 4.44. The van der Waals surface area contributed by atoms with E-state index in [9.17, 15) is 0 Å². The van der Waals surface area contributed by atoms with Crippen molar-refractivity contribution in [3.05, 3.63) is 0 Å². The summed E-state index contributed by atoms with van der Waals surface area (Å²) in [6, 6.07) is 0. The first-order valence-electron chi connectivity index (χ1n) is 3.75. The molecular weight excluding hydrogens is 190 g/mol. The average molecular weight is 206 g/mol. The molecule has 1 aliphatic rings. The molecule has 0 aromatic carbocycles. The highest BCUT2D eigenvalue weighted by Gasteiger charge is 2.41. The van der Waals surface area contributed by atoms with Gasteiger partial charge in [0, 0.05) is 23.0 Å². The molecule has 0 aromatic rings. The van der Waals surface area contributed by atoms with E-state index >= 15 is 0 Å². The second-order valence-corrected chi connectivity index (χ2v) is 6.35. The van der Waals surface area contributed by atoms with Crippen LogP contribution in [-0.4, -0.2) is 27.9 Å². The summed E-state index contributed by atoms with van der Waals surface area (Å²) < 4.78 is 0.389. The van der Waals surface area contributed by atoms with E-state index in [-0.39, 0.29) is 0 Å². The molecule has 1 aliphatic heterocycles. The van der Waals surface area contributed by atoms with Crippen molar-refractivity contribution in [1.82, 2.24) is 4.90 Å². The molecule has 1 heterocycles. The minimum absolute atomic E-state index is 0.354. The summed E-state index contributed by atoms with van der Waals surface area (Å²) in [5.74, 6) is 0. The first-order valence-corrected chi connectivity index (χ1v) is 4.55. The SMILES string of the molecule is CC1(Br)CN(C(C)(C)C)C1. The zero-order valence-corrected chi connectivity index (χ0v) is 8.83. The van der Waals surface area contributed by atoms with E-state index < -0.39 is 0 Å². The second kappa shape index (κ2) is 2.21. The van der Waals surface area contributed by atoms with E-state index in [2.05, 4.69) is 48.5 Å². The van der Waals surface area contributed by atoms with E-state index in [1.165, 1.54) is 13.1 Å². The Bertz CT molecular complexity index is 127. The van der Waals surface area contributed by atoms with Gasteiger partial charge in [0.25, 0.3) is 0 Å². The Kier molecular flexibility index (Phi) is 1.89. The van der Waals surface area contributed by atoms with Gasteiger partial charge in [0.15, 0.2) is 0 Å². The molecule has 60 valence electrons. The van der Waals surface area contributed by atoms with Gasteiger partial charge in [-0.25, -0.2) is 0 Å². The van der Waals surface area contributed by atoms with Gasteiger partial charge in [0.2, 0.25) is 0 Å². The van der Waals surface area contributed by atoms with Gasteiger partial charge in [-0.15, -0.1) is 0 Å². The van der Waals surface area contributed by atoms with Gasteiger partial charge in [-0.2, -0.15) is 0 Å². The first kappa shape index (κ1) is 8.54. The molecule has 0 saturated carbocycles. The predicted octanol–water partition coefficient (Wildman–Crippen LogP) is 2.25. The summed E-state index contributed by atoms with van der Waals surface area (Å²) in [5.41, 5.74) is 0.354. The van der Waals surface area contributed by atoms with Crippen molar-refractivity contribution < 1.29 is 0 Å². The van der Waals surface area contributed by atoms with Crippen LogP contribution in [0.1, 0.15) is 27.7 Å². The molecule has 0 amide bonds. The van der Waals surface area contributed by atoms with Gasteiger partial charge in [-0.1, -0.05) is 15.9 Å².